The first-order chi connectivity index (χ1) is 11.6. The predicted octanol–water partition coefficient (Wildman–Crippen LogP) is 2.31. The van der Waals surface area contributed by atoms with Gasteiger partial charge in [-0.25, -0.2) is 0 Å². The number of aromatic hydroxyl groups is 1. The van der Waals surface area contributed by atoms with Gasteiger partial charge in [-0.1, -0.05) is 23.5 Å². The van der Waals surface area contributed by atoms with Crippen molar-refractivity contribution in [2.45, 2.75) is 6.92 Å². The van der Waals surface area contributed by atoms with Crippen molar-refractivity contribution < 1.29 is 5.11 Å². The standard InChI is InChI=1S/C16H11N5O2S/c1-9-13-10(5-4-7-12(13)22)15(23)21(20-9)16-19-18-14(24-16)11-6-2-3-8-17-11/h2-8,22H,1H3. The van der Waals surface area contributed by atoms with E-state index in [4.69, 9.17) is 0 Å². The molecule has 0 saturated heterocycles. The molecule has 0 saturated carbocycles. The van der Waals surface area contributed by atoms with Crippen LogP contribution in [-0.4, -0.2) is 30.1 Å². The Morgan fingerprint density at radius 3 is 2.79 bits per heavy atom. The second-order valence-electron chi connectivity index (χ2n) is 5.11. The van der Waals surface area contributed by atoms with Crippen molar-refractivity contribution in [2.24, 2.45) is 0 Å². The van der Waals surface area contributed by atoms with Crippen LogP contribution in [0.25, 0.3) is 26.6 Å². The number of nitrogens with zero attached hydrogens (tertiary/aromatic N) is 5. The molecule has 3 aromatic heterocycles. The largest absolute Gasteiger partial charge is 0.507 e. The minimum absolute atomic E-state index is 0.0354. The fourth-order valence-electron chi connectivity index (χ4n) is 2.48. The van der Waals surface area contributed by atoms with E-state index < -0.39 is 0 Å². The van der Waals surface area contributed by atoms with E-state index in [0.29, 0.717) is 32.3 Å². The molecular formula is C16H11N5O2S. The Balaban J connectivity index is 1.91. The Labute approximate surface area is 139 Å². The SMILES string of the molecule is Cc1nn(-c2nnc(-c3ccccn3)s2)c(=O)c2cccc(O)c12. The first-order valence-electron chi connectivity index (χ1n) is 7.12. The molecule has 0 aliphatic heterocycles. The number of phenolic OH excluding ortho intramolecular Hbond substituents is 1. The molecule has 4 rings (SSSR count). The lowest BCUT2D eigenvalue weighted by Crippen LogP contribution is -2.22. The molecule has 0 aliphatic rings. The smallest absolute Gasteiger partial charge is 0.281 e. The second-order valence-corrected chi connectivity index (χ2v) is 6.06. The van der Waals surface area contributed by atoms with Crippen molar-refractivity contribution in [3.63, 3.8) is 0 Å². The highest BCUT2D eigenvalue weighted by molar-refractivity contribution is 7.16. The van der Waals surface area contributed by atoms with E-state index in [1.165, 1.54) is 22.1 Å². The fraction of sp³-hybridized carbons (Fsp3) is 0.0625. The summed E-state index contributed by atoms with van der Waals surface area (Å²) >= 11 is 1.23. The van der Waals surface area contributed by atoms with E-state index in [2.05, 4.69) is 20.3 Å². The molecule has 0 spiro atoms. The molecular weight excluding hydrogens is 326 g/mol. The molecule has 118 valence electrons. The number of aryl methyl sites for hydroxylation is 1. The summed E-state index contributed by atoms with van der Waals surface area (Å²) in [6.45, 7) is 1.73. The zero-order valence-electron chi connectivity index (χ0n) is 12.5. The van der Waals surface area contributed by atoms with Crippen LogP contribution in [0.4, 0.5) is 0 Å². The molecule has 8 heteroatoms. The number of aromatic nitrogens is 5. The zero-order chi connectivity index (χ0) is 16.7. The lowest BCUT2D eigenvalue weighted by molar-refractivity contribution is 0.481. The average molecular weight is 337 g/mol. The van der Waals surface area contributed by atoms with Crippen LogP contribution in [0, 0.1) is 6.92 Å². The van der Waals surface area contributed by atoms with Crippen LogP contribution in [0.3, 0.4) is 0 Å². The molecule has 7 nitrogen and oxygen atoms in total. The van der Waals surface area contributed by atoms with Gasteiger partial charge in [0.2, 0.25) is 5.13 Å². The first kappa shape index (κ1) is 14.5. The van der Waals surface area contributed by atoms with E-state index in [-0.39, 0.29) is 11.3 Å². The van der Waals surface area contributed by atoms with Gasteiger partial charge in [0, 0.05) is 6.20 Å². The van der Waals surface area contributed by atoms with Gasteiger partial charge in [-0.2, -0.15) is 9.78 Å². The van der Waals surface area contributed by atoms with E-state index in [9.17, 15) is 9.90 Å². The maximum Gasteiger partial charge on any atom is 0.281 e. The van der Waals surface area contributed by atoms with E-state index >= 15 is 0 Å². The van der Waals surface area contributed by atoms with E-state index in [1.807, 2.05) is 18.2 Å². The normalized spacial score (nSPS) is 11.0. The molecule has 1 N–H and O–H groups in total. The van der Waals surface area contributed by atoms with Gasteiger partial charge >= 0.3 is 0 Å². The second kappa shape index (κ2) is 5.50. The zero-order valence-corrected chi connectivity index (χ0v) is 13.4. The average Bonchev–Trinajstić information content (AvgIpc) is 3.08. The summed E-state index contributed by atoms with van der Waals surface area (Å²) in [5.74, 6) is 0.0354. The summed E-state index contributed by atoms with van der Waals surface area (Å²) in [7, 11) is 0. The van der Waals surface area contributed by atoms with E-state index in [1.54, 1.807) is 25.3 Å². The van der Waals surface area contributed by atoms with Crippen LogP contribution in [0.15, 0.2) is 47.4 Å². The minimum atomic E-state index is -0.352. The highest BCUT2D eigenvalue weighted by Gasteiger charge is 2.16. The van der Waals surface area contributed by atoms with Crippen LogP contribution in [-0.2, 0) is 0 Å². The molecule has 3 heterocycles. The Morgan fingerprint density at radius 1 is 1.12 bits per heavy atom. The van der Waals surface area contributed by atoms with Crippen LogP contribution < -0.4 is 5.56 Å². The number of hydrogen-bond acceptors (Lipinski definition) is 7. The summed E-state index contributed by atoms with van der Waals surface area (Å²) in [4.78, 5) is 16.9. The summed E-state index contributed by atoms with van der Waals surface area (Å²) in [5, 5.41) is 24.2. The molecule has 24 heavy (non-hydrogen) atoms. The number of benzene rings is 1. The number of pyridine rings is 1. The van der Waals surface area contributed by atoms with Gasteiger partial charge in [0.05, 0.1) is 16.5 Å². The van der Waals surface area contributed by atoms with Gasteiger partial charge in [-0.3, -0.25) is 9.78 Å². The predicted molar refractivity (Wildman–Crippen MR) is 90.4 cm³/mol. The molecule has 0 fully saturated rings. The van der Waals surface area contributed by atoms with Crippen molar-refractivity contribution in [3.05, 3.63) is 58.6 Å². The molecule has 0 unspecified atom stereocenters. The Bertz CT molecular complexity index is 1100. The highest BCUT2D eigenvalue weighted by Crippen LogP contribution is 2.26. The Morgan fingerprint density at radius 2 is 2.00 bits per heavy atom. The number of fused-ring (bicyclic) bond motifs is 1. The third-order valence-corrected chi connectivity index (χ3v) is 4.48. The first-order valence-corrected chi connectivity index (χ1v) is 7.94. The lowest BCUT2D eigenvalue weighted by atomic mass is 10.1. The lowest BCUT2D eigenvalue weighted by Gasteiger charge is -2.06. The van der Waals surface area contributed by atoms with Crippen LogP contribution in [0.2, 0.25) is 0 Å². The fourth-order valence-corrected chi connectivity index (χ4v) is 3.25. The van der Waals surface area contributed by atoms with Crippen molar-refractivity contribution in [3.8, 4) is 21.6 Å². The maximum absolute atomic E-state index is 12.7. The van der Waals surface area contributed by atoms with Gasteiger partial charge in [0.15, 0.2) is 5.01 Å². The van der Waals surface area contributed by atoms with Crippen molar-refractivity contribution in [2.75, 3.05) is 0 Å². The summed E-state index contributed by atoms with van der Waals surface area (Å²) in [6.07, 6.45) is 1.67. The third kappa shape index (κ3) is 2.24. The topological polar surface area (TPSA) is 93.8 Å². The van der Waals surface area contributed by atoms with Crippen molar-refractivity contribution >= 4 is 22.1 Å². The number of phenols is 1. The van der Waals surface area contributed by atoms with Gasteiger partial charge in [-0.15, -0.1) is 10.2 Å². The molecule has 0 atom stereocenters. The van der Waals surface area contributed by atoms with Crippen molar-refractivity contribution in [1.82, 2.24) is 25.0 Å². The molecule has 1 aromatic carbocycles. The molecule has 0 bridgehead atoms. The van der Waals surface area contributed by atoms with E-state index in [0.717, 1.165) is 0 Å². The molecule has 0 amide bonds. The summed E-state index contributed by atoms with van der Waals surface area (Å²) in [6, 6.07) is 10.3. The molecule has 0 radical (unpaired) electrons. The highest BCUT2D eigenvalue weighted by atomic mass is 32.1. The number of hydrogen-bond donors (Lipinski definition) is 1. The van der Waals surface area contributed by atoms with Gasteiger partial charge in [-0.05, 0) is 31.2 Å². The Kier molecular flexibility index (Phi) is 3.31. The van der Waals surface area contributed by atoms with Gasteiger partial charge in [0.25, 0.3) is 5.56 Å². The van der Waals surface area contributed by atoms with Crippen LogP contribution in [0.1, 0.15) is 5.69 Å². The summed E-state index contributed by atoms with van der Waals surface area (Å²) < 4.78 is 1.21. The monoisotopic (exact) mass is 337 g/mol. The quantitative estimate of drug-likeness (QED) is 0.603. The van der Waals surface area contributed by atoms with Crippen molar-refractivity contribution in [1.29, 1.82) is 0 Å². The molecule has 4 aromatic rings. The van der Waals surface area contributed by atoms with Gasteiger partial charge < -0.3 is 5.11 Å². The Hall–Kier alpha value is -3.13. The van der Waals surface area contributed by atoms with Crippen LogP contribution in [0.5, 0.6) is 5.75 Å². The molecule has 0 aliphatic carbocycles. The van der Waals surface area contributed by atoms with Crippen LogP contribution >= 0.6 is 11.3 Å². The minimum Gasteiger partial charge on any atom is -0.507 e. The number of rotatable bonds is 2. The summed E-state index contributed by atoms with van der Waals surface area (Å²) in [5.41, 5.74) is 0.872. The van der Waals surface area contributed by atoms with Gasteiger partial charge in [0.1, 0.15) is 11.4 Å². The maximum atomic E-state index is 12.7. The third-order valence-electron chi connectivity index (χ3n) is 3.56.